The number of piperazine rings is 1. The average Bonchev–Trinajstić information content (AvgIpc) is 3.19. The molecule has 0 bridgehead atoms. The monoisotopic (exact) mass is 367 g/mol. The van der Waals surface area contributed by atoms with E-state index in [1.807, 2.05) is 41.4 Å². The van der Waals surface area contributed by atoms with Gasteiger partial charge in [0.2, 0.25) is 5.91 Å². The van der Waals surface area contributed by atoms with Crippen molar-refractivity contribution in [3.8, 4) is 5.75 Å². The van der Waals surface area contributed by atoms with Crippen molar-refractivity contribution in [2.45, 2.75) is 12.5 Å². The Bertz CT molecular complexity index is 735. The van der Waals surface area contributed by atoms with Gasteiger partial charge < -0.3 is 14.5 Å². The van der Waals surface area contributed by atoms with Crippen LogP contribution in [-0.2, 0) is 4.79 Å². The van der Waals surface area contributed by atoms with E-state index < -0.39 is 0 Å². The molecule has 1 atom stereocenters. The fourth-order valence-electron chi connectivity index (χ4n) is 3.63. The number of carbonyl (C=O) groups is 1. The third kappa shape index (κ3) is 4.54. The number of anilines is 1. The lowest BCUT2D eigenvalue weighted by Gasteiger charge is -2.35. The van der Waals surface area contributed by atoms with Gasteiger partial charge >= 0.3 is 0 Å². The molecule has 1 amide bonds. The van der Waals surface area contributed by atoms with Crippen molar-refractivity contribution in [3.05, 3.63) is 48.9 Å². The van der Waals surface area contributed by atoms with E-state index in [0.29, 0.717) is 13.1 Å². The molecule has 7 nitrogen and oxygen atoms in total. The molecule has 2 aliphatic rings. The van der Waals surface area contributed by atoms with Crippen LogP contribution in [0.5, 0.6) is 5.75 Å². The Balaban J connectivity index is 1.22. The maximum atomic E-state index is 12.7. The maximum Gasteiger partial charge on any atom is 0.236 e. The third-order valence-corrected chi connectivity index (χ3v) is 5.14. The summed E-state index contributed by atoms with van der Waals surface area (Å²) >= 11 is 0. The second-order valence-electron chi connectivity index (χ2n) is 7.01. The SMILES string of the molecule is O=C(CN1CCN(c2ccccn2)CC1)N1CC[C@@H](Oc2cccnc2)C1. The highest BCUT2D eigenvalue weighted by Crippen LogP contribution is 2.18. The number of hydrogen-bond donors (Lipinski definition) is 0. The van der Waals surface area contributed by atoms with Gasteiger partial charge in [-0.1, -0.05) is 6.07 Å². The number of likely N-dealkylation sites (tertiary alicyclic amines) is 1. The van der Waals surface area contributed by atoms with Crippen LogP contribution in [0.3, 0.4) is 0 Å². The average molecular weight is 367 g/mol. The first kappa shape index (κ1) is 17.7. The summed E-state index contributed by atoms with van der Waals surface area (Å²) in [5.41, 5.74) is 0. The zero-order valence-electron chi connectivity index (χ0n) is 15.4. The lowest BCUT2D eigenvalue weighted by Crippen LogP contribution is -2.50. The Kier molecular flexibility index (Phi) is 5.48. The van der Waals surface area contributed by atoms with Gasteiger partial charge in [0.25, 0.3) is 0 Å². The Labute approximate surface area is 159 Å². The normalized spacial score (nSPS) is 20.7. The van der Waals surface area contributed by atoms with Crippen LogP contribution < -0.4 is 9.64 Å². The van der Waals surface area contributed by atoms with Gasteiger partial charge in [0.1, 0.15) is 17.7 Å². The van der Waals surface area contributed by atoms with Crippen LogP contribution in [0, 0.1) is 0 Å². The fourth-order valence-corrected chi connectivity index (χ4v) is 3.63. The maximum absolute atomic E-state index is 12.7. The molecule has 2 aromatic rings. The van der Waals surface area contributed by atoms with Crippen molar-refractivity contribution >= 4 is 11.7 Å². The molecule has 142 valence electrons. The summed E-state index contributed by atoms with van der Waals surface area (Å²) in [6.07, 6.45) is 6.19. The van der Waals surface area contributed by atoms with Crippen molar-refractivity contribution in [1.29, 1.82) is 0 Å². The fraction of sp³-hybridized carbons (Fsp3) is 0.450. The summed E-state index contributed by atoms with van der Waals surface area (Å²) in [6, 6.07) is 9.74. The molecule has 2 aromatic heterocycles. The molecular formula is C20H25N5O2. The van der Waals surface area contributed by atoms with E-state index in [-0.39, 0.29) is 12.0 Å². The van der Waals surface area contributed by atoms with Gasteiger partial charge in [0.15, 0.2) is 0 Å². The Morgan fingerprint density at radius 3 is 2.70 bits per heavy atom. The van der Waals surface area contributed by atoms with Crippen molar-refractivity contribution in [2.75, 3.05) is 50.7 Å². The summed E-state index contributed by atoms with van der Waals surface area (Å²) < 4.78 is 5.93. The summed E-state index contributed by atoms with van der Waals surface area (Å²) in [6.45, 7) is 5.46. The van der Waals surface area contributed by atoms with Crippen LogP contribution in [0.25, 0.3) is 0 Å². The van der Waals surface area contributed by atoms with Gasteiger partial charge in [0, 0.05) is 51.5 Å². The number of carbonyl (C=O) groups excluding carboxylic acids is 1. The van der Waals surface area contributed by atoms with Gasteiger partial charge in [0.05, 0.1) is 19.3 Å². The number of rotatable bonds is 5. The highest BCUT2D eigenvalue weighted by molar-refractivity contribution is 5.78. The molecule has 0 spiro atoms. The highest BCUT2D eigenvalue weighted by atomic mass is 16.5. The third-order valence-electron chi connectivity index (χ3n) is 5.14. The Morgan fingerprint density at radius 1 is 1.07 bits per heavy atom. The zero-order valence-corrected chi connectivity index (χ0v) is 15.4. The van der Waals surface area contributed by atoms with E-state index >= 15 is 0 Å². The molecule has 2 fully saturated rings. The van der Waals surface area contributed by atoms with Crippen LogP contribution in [0.2, 0.25) is 0 Å². The smallest absolute Gasteiger partial charge is 0.236 e. The van der Waals surface area contributed by atoms with Gasteiger partial charge in [-0.15, -0.1) is 0 Å². The lowest BCUT2D eigenvalue weighted by atomic mass is 10.3. The molecule has 0 aromatic carbocycles. The summed E-state index contributed by atoms with van der Waals surface area (Å²) in [5, 5.41) is 0. The summed E-state index contributed by atoms with van der Waals surface area (Å²) in [5.74, 6) is 1.97. The molecule has 4 rings (SSSR count). The number of nitrogens with zero attached hydrogens (tertiary/aromatic N) is 5. The van der Waals surface area contributed by atoms with E-state index in [9.17, 15) is 4.79 Å². The predicted molar refractivity (Wildman–Crippen MR) is 103 cm³/mol. The second kappa shape index (κ2) is 8.35. The van der Waals surface area contributed by atoms with Gasteiger partial charge in [-0.05, 0) is 24.3 Å². The Morgan fingerprint density at radius 2 is 1.96 bits per heavy atom. The minimum Gasteiger partial charge on any atom is -0.487 e. The molecule has 0 N–H and O–H groups in total. The Hall–Kier alpha value is -2.67. The number of ether oxygens (including phenoxy) is 1. The van der Waals surface area contributed by atoms with E-state index in [0.717, 1.165) is 50.7 Å². The second-order valence-corrected chi connectivity index (χ2v) is 7.01. The highest BCUT2D eigenvalue weighted by Gasteiger charge is 2.29. The van der Waals surface area contributed by atoms with E-state index in [2.05, 4.69) is 19.8 Å². The van der Waals surface area contributed by atoms with Crippen LogP contribution in [-0.4, -0.2) is 77.6 Å². The van der Waals surface area contributed by atoms with Gasteiger partial charge in [-0.25, -0.2) is 4.98 Å². The molecule has 0 radical (unpaired) electrons. The zero-order chi connectivity index (χ0) is 18.5. The van der Waals surface area contributed by atoms with Gasteiger partial charge in [-0.2, -0.15) is 0 Å². The van der Waals surface area contributed by atoms with Crippen molar-refractivity contribution < 1.29 is 9.53 Å². The first-order valence-electron chi connectivity index (χ1n) is 9.51. The van der Waals surface area contributed by atoms with Crippen molar-refractivity contribution in [1.82, 2.24) is 19.8 Å². The quantitative estimate of drug-likeness (QED) is 0.793. The molecule has 4 heterocycles. The number of amides is 1. The molecular weight excluding hydrogens is 342 g/mol. The topological polar surface area (TPSA) is 61.8 Å². The number of pyridine rings is 2. The van der Waals surface area contributed by atoms with Gasteiger partial charge in [-0.3, -0.25) is 14.7 Å². The van der Waals surface area contributed by atoms with E-state index in [4.69, 9.17) is 4.74 Å². The molecule has 27 heavy (non-hydrogen) atoms. The largest absolute Gasteiger partial charge is 0.487 e. The number of aromatic nitrogens is 2. The standard InChI is InChI=1S/C20H25N5O2/c26-20(25-9-6-18(15-25)27-17-4-3-7-21-14-17)16-23-10-12-24(13-11-23)19-5-1-2-8-22-19/h1-5,7-8,14,18H,6,9-13,15-16H2/t18-/m1/s1. The minimum absolute atomic E-state index is 0.0548. The van der Waals surface area contributed by atoms with Crippen LogP contribution in [0.15, 0.2) is 48.9 Å². The molecule has 0 unspecified atom stereocenters. The first-order chi connectivity index (χ1) is 13.3. The van der Waals surface area contributed by atoms with Crippen LogP contribution >= 0.6 is 0 Å². The molecule has 7 heteroatoms. The number of hydrogen-bond acceptors (Lipinski definition) is 6. The van der Waals surface area contributed by atoms with Crippen molar-refractivity contribution in [2.24, 2.45) is 0 Å². The van der Waals surface area contributed by atoms with E-state index in [1.54, 1.807) is 12.4 Å². The van der Waals surface area contributed by atoms with Crippen molar-refractivity contribution in [3.63, 3.8) is 0 Å². The molecule has 0 aliphatic carbocycles. The van der Waals surface area contributed by atoms with Crippen LogP contribution in [0.1, 0.15) is 6.42 Å². The molecule has 2 saturated heterocycles. The van der Waals surface area contributed by atoms with E-state index in [1.165, 1.54) is 0 Å². The van der Waals surface area contributed by atoms with Crippen LogP contribution in [0.4, 0.5) is 5.82 Å². The minimum atomic E-state index is 0.0548. The lowest BCUT2D eigenvalue weighted by molar-refractivity contribution is -0.131. The predicted octanol–water partition coefficient (Wildman–Crippen LogP) is 1.28. The molecule has 2 aliphatic heterocycles. The first-order valence-corrected chi connectivity index (χ1v) is 9.51. The summed E-state index contributed by atoms with van der Waals surface area (Å²) in [7, 11) is 0. The molecule has 0 saturated carbocycles. The summed E-state index contributed by atoms with van der Waals surface area (Å²) in [4.78, 5) is 27.6.